The monoisotopic (exact) mass is 462 g/mol. The number of thioether (sulfide) groups is 1. The van der Waals surface area contributed by atoms with E-state index in [1.165, 1.54) is 28.1 Å². The molecule has 138 valence electrons. The highest BCUT2D eigenvalue weighted by Crippen LogP contribution is 2.37. The second kappa shape index (κ2) is 7.97. The molecule has 2 N–H and O–H groups in total. The highest BCUT2D eigenvalue weighted by atomic mass is 79.9. The van der Waals surface area contributed by atoms with Gasteiger partial charge in [-0.2, -0.15) is 0 Å². The lowest BCUT2D eigenvalue weighted by atomic mass is 10.2. The maximum absolute atomic E-state index is 12.3. The Bertz CT molecular complexity index is 977. The predicted octanol–water partition coefficient (Wildman–Crippen LogP) is 3.78. The van der Waals surface area contributed by atoms with E-state index in [4.69, 9.17) is 0 Å². The summed E-state index contributed by atoms with van der Waals surface area (Å²) in [6, 6.07) is 15.5. The standard InChI is InChI=1S/C18H15BrN4O2S2/c19-12-5-3-4-11(8-12)17-23(16(25)10-26-17)20-9-15(24)22-18-21-13-6-1-2-7-14(13)27-18/h1-8,17,20H,9-10H2,(H,21,22,24). The molecule has 27 heavy (non-hydrogen) atoms. The van der Waals surface area contributed by atoms with Crippen LogP contribution in [-0.4, -0.2) is 34.1 Å². The molecule has 2 amide bonds. The zero-order valence-corrected chi connectivity index (χ0v) is 17.2. The number of aromatic nitrogens is 1. The summed E-state index contributed by atoms with van der Waals surface area (Å²) in [5.74, 6) is 0.0911. The van der Waals surface area contributed by atoms with Crippen LogP contribution in [0.15, 0.2) is 53.0 Å². The van der Waals surface area contributed by atoms with Gasteiger partial charge >= 0.3 is 0 Å². The number of benzene rings is 2. The molecule has 0 radical (unpaired) electrons. The molecule has 0 aliphatic carbocycles. The number of thiazole rings is 1. The van der Waals surface area contributed by atoms with Gasteiger partial charge in [-0.3, -0.25) is 14.6 Å². The number of nitrogens with zero attached hydrogens (tertiary/aromatic N) is 2. The van der Waals surface area contributed by atoms with Gasteiger partial charge in [-0.05, 0) is 29.8 Å². The number of hydrazine groups is 1. The number of carbonyl (C=O) groups excluding carboxylic acids is 2. The van der Waals surface area contributed by atoms with Crippen molar-refractivity contribution in [1.82, 2.24) is 15.4 Å². The Balaban J connectivity index is 1.40. The summed E-state index contributed by atoms with van der Waals surface area (Å²) in [4.78, 5) is 28.9. The third-order valence-electron chi connectivity index (χ3n) is 3.95. The van der Waals surface area contributed by atoms with Crippen LogP contribution in [0.4, 0.5) is 5.13 Å². The highest BCUT2D eigenvalue weighted by molar-refractivity contribution is 9.10. The van der Waals surface area contributed by atoms with Gasteiger partial charge in [-0.15, -0.1) is 11.8 Å². The first-order chi connectivity index (χ1) is 13.1. The topological polar surface area (TPSA) is 74.3 Å². The number of fused-ring (bicyclic) bond motifs is 1. The van der Waals surface area contributed by atoms with Crippen LogP contribution in [-0.2, 0) is 9.59 Å². The molecule has 1 fully saturated rings. The Hall–Kier alpha value is -1.94. The smallest absolute Gasteiger partial charge is 0.248 e. The summed E-state index contributed by atoms with van der Waals surface area (Å²) in [7, 11) is 0. The van der Waals surface area contributed by atoms with E-state index in [0.717, 1.165) is 20.3 Å². The van der Waals surface area contributed by atoms with Gasteiger partial charge in [-0.25, -0.2) is 10.4 Å². The lowest BCUT2D eigenvalue weighted by Crippen LogP contribution is -2.44. The molecule has 1 saturated heterocycles. The number of rotatable bonds is 5. The number of halogens is 1. The van der Waals surface area contributed by atoms with E-state index in [9.17, 15) is 9.59 Å². The van der Waals surface area contributed by atoms with Crippen LogP contribution in [0.3, 0.4) is 0 Å². The van der Waals surface area contributed by atoms with Gasteiger partial charge in [-0.1, -0.05) is 51.5 Å². The van der Waals surface area contributed by atoms with Gasteiger partial charge in [0, 0.05) is 4.47 Å². The van der Waals surface area contributed by atoms with Crippen LogP contribution in [0.5, 0.6) is 0 Å². The van der Waals surface area contributed by atoms with Gasteiger partial charge in [0.2, 0.25) is 11.8 Å². The largest absolute Gasteiger partial charge is 0.301 e. The fraction of sp³-hybridized carbons (Fsp3) is 0.167. The molecule has 1 aliphatic heterocycles. The molecular formula is C18H15BrN4O2S2. The molecule has 9 heteroatoms. The molecule has 1 aliphatic rings. The number of carbonyl (C=O) groups is 2. The molecule has 3 aromatic rings. The lowest BCUT2D eigenvalue weighted by molar-refractivity contribution is -0.131. The Kier molecular flexibility index (Phi) is 5.44. The second-order valence-electron chi connectivity index (χ2n) is 5.85. The first kappa shape index (κ1) is 18.4. The number of para-hydroxylation sites is 1. The van der Waals surface area contributed by atoms with Crippen LogP contribution >= 0.6 is 39.0 Å². The normalized spacial score (nSPS) is 16.9. The maximum atomic E-state index is 12.3. The van der Waals surface area contributed by atoms with Crippen molar-refractivity contribution in [1.29, 1.82) is 0 Å². The minimum Gasteiger partial charge on any atom is -0.301 e. The van der Waals surface area contributed by atoms with E-state index in [0.29, 0.717) is 10.9 Å². The molecule has 2 aromatic carbocycles. The van der Waals surface area contributed by atoms with Crippen molar-refractivity contribution in [3.8, 4) is 0 Å². The number of hydrogen-bond acceptors (Lipinski definition) is 6. The summed E-state index contributed by atoms with van der Waals surface area (Å²) in [6.45, 7) is -0.00721. The number of anilines is 1. The lowest BCUT2D eigenvalue weighted by Gasteiger charge is -2.24. The SMILES string of the molecule is O=C(CNN1C(=O)CSC1c1cccc(Br)c1)Nc1nc2ccccc2s1. The minimum atomic E-state index is -0.244. The van der Waals surface area contributed by atoms with E-state index in [2.05, 4.69) is 31.7 Å². The molecule has 1 unspecified atom stereocenters. The van der Waals surface area contributed by atoms with Crippen molar-refractivity contribution in [3.05, 3.63) is 58.6 Å². The number of amides is 2. The third-order valence-corrected chi connectivity index (χ3v) is 6.61. The Morgan fingerprint density at radius 2 is 2.11 bits per heavy atom. The molecule has 6 nitrogen and oxygen atoms in total. The summed E-state index contributed by atoms with van der Waals surface area (Å²) in [5.41, 5.74) is 4.82. The van der Waals surface area contributed by atoms with Crippen LogP contribution in [0, 0.1) is 0 Å². The molecule has 0 bridgehead atoms. The van der Waals surface area contributed by atoms with Gasteiger partial charge in [0.05, 0.1) is 22.5 Å². The van der Waals surface area contributed by atoms with Crippen molar-refractivity contribution in [2.75, 3.05) is 17.6 Å². The molecule has 1 atom stereocenters. The quantitative estimate of drug-likeness (QED) is 0.603. The molecular weight excluding hydrogens is 448 g/mol. The Labute approximate surface area is 172 Å². The fourth-order valence-corrected chi connectivity index (χ4v) is 5.17. The van der Waals surface area contributed by atoms with E-state index < -0.39 is 0 Å². The van der Waals surface area contributed by atoms with Gasteiger partial charge < -0.3 is 5.32 Å². The van der Waals surface area contributed by atoms with Gasteiger partial charge in [0.1, 0.15) is 5.37 Å². The molecule has 2 heterocycles. The summed E-state index contributed by atoms with van der Waals surface area (Å²) in [5, 5.41) is 4.71. The van der Waals surface area contributed by atoms with Crippen molar-refractivity contribution < 1.29 is 9.59 Å². The molecule has 0 spiro atoms. The van der Waals surface area contributed by atoms with Crippen LogP contribution < -0.4 is 10.7 Å². The van der Waals surface area contributed by atoms with E-state index in [1.54, 1.807) is 0 Å². The highest BCUT2D eigenvalue weighted by Gasteiger charge is 2.33. The zero-order chi connectivity index (χ0) is 18.8. The van der Waals surface area contributed by atoms with Gasteiger partial charge in [0.15, 0.2) is 5.13 Å². The fourth-order valence-electron chi connectivity index (χ4n) is 2.75. The molecule has 4 rings (SSSR count). The van der Waals surface area contributed by atoms with E-state index >= 15 is 0 Å². The Morgan fingerprint density at radius 3 is 2.93 bits per heavy atom. The zero-order valence-electron chi connectivity index (χ0n) is 14.0. The number of nitrogens with one attached hydrogen (secondary N) is 2. The van der Waals surface area contributed by atoms with E-state index in [1.807, 2.05) is 48.5 Å². The van der Waals surface area contributed by atoms with Gasteiger partial charge in [0.25, 0.3) is 0 Å². The van der Waals surface area contributed by atoms with Crippen molar-refractivity contribution in [2.24, 2.45) is 0 Å². The average Bonchev–Trinajstić information content (AvgIpc) is 3.22. The third kappa shape index (κ3) is 4.16. The summed E-state index contributed by atoms with van der Waals surface area (Å²) < 4.78 is 1.97. The first-order valence-electron chi connectivity index (χ1n) is 8.18. The number of hydrogen-bond donors (Lipinski definition) is 2. The summed E-state index contributed by atoms with van der Waals surface area (Å²) in [6.07, 6.45) is 0. The minimum absolute atomic E-state index is 0.00721. The van der Waals surface area contributed by atoms with Crippen molar-refractivity contribution >= 4 is 66.2 Å². The summed E-state index contributed by atoms with van der Waals surface area (Å²) >= 11 is 6.41. The average molecular weight is 463 g/mol. The van der Waals surface area contributed by atoms with Crippen LogP contribution in [0.25, 0.3) is 10.2 Å². The Morgan fingerprint density at radius 1 is 1.26 bits per heavy atom. The van der Waals surface area contributed by atoms with Crippen LogP contribution in [0.1, 0.15) is 10.9 Å². The van der Waals surface area contributed by atoms with Crippen LogP contribution in [0.2, 0.25) is 0 Å². The predicted molar refractivity (Wildman–Crippen MR) is 112 cm³/mol. The molecule has 0 saturated carbocycles. The molecule has 1 aromatic heterocycles. The second-order valence-corrected chi connectivity index (χ2v) is 8.87. The van der Waals surface area contributed by atoms with Crippen molar-refractivity contribution in [2.45, 2.75) is 5.37 Å². The van der Waals surface area contributed by atoms with Crippen molar-refractivity contribution in [3.63, 3.8) is 0 Å². The van der Waals surface area contributed by atoms with E-state index in [-0.39, 0.29) is 23.7 Å². The maximum Gasteiger partial charge on any atom is 0.248 e. The first-order valence-corrected chi connectivity index (χ1v) is 10.8.